The summed E-state index contributed by atoms with van der Waals surface area (Å²) in [7, 11) is 0. The van der Waals surface area contributed by atoms with Crippen molar-refractivity contribution in [3.05, 3.63) is 33.9 Å². The van der Waals surface area contributed by atoms with Crippen LogP contribution in [0.15, 0.2) is 18.2 Å². The molecular formula is C11H16N2O3. The Morgan fingerprint density at radius 2 is 2.12 bits per heavy atom. The second kappa shape index (κ2) is 4.49. The first kappa shape index (κ1) is 12.4. The number of nitro groups is 1. The third-order valence-corrected chi connectivity index (χ3v) is 1.98. The van der Waals surface area contributed by atoms with E-state index in [2.05, 4.69) is 0 Å². The highest BCUT2D eigenvalue weighted by Crippen LogP contribution is 2.23. The fourth-order valence-corrected chi connectivity index (χ4v) is 1.19. The van der Waals surface area contributed by atoms with Crippen molar-refractivity contribution in [2.24, 2.45) is 5.73 Å². The van der Waals surface area contributed by atoms with Crippen LogP contribution in [0.1, 0.15) is 19.4 Å². The van der Waals surface area contributed by atoms with Gasteiger partial charge in [-0.2, -0.15) is 0 Å². The van der Waals surface area contributed by atoms with E-state index in [1.165, 1.54) is 6.07 Å². The first-order chi connectivity index (χ1) is 7.29. The molecule has 0 spiro atoms. The molecule has 0 saturated heterocycles. The molecule has 0 bridgehead atoms. The molecule has 0 heterocycles. The number of aryl methyl sites for hydroxylation is 1. The van der Waals surface area contributed by atoms with Gasteiger partial charge < -0.3 is 10.5 Å². The van der Waals surface area contributed by atoms with Gasteiger partial charge in [0.25, 0.3) is 5.69 Å². The molecule has 0 saturated carbocycles. The predicted octanol–water partition coefficient (Wildman–Crippen LogP) is 2.02. The van der Waals surface area contributed by atoms with Crippen molar-refractivity contribution in [2.45, 2.75) is 26.3 Å². The van der Waals surface area contributed by atoms with Gasteiger partial charge in [-0.25, -0.2) is 0 Å². The van der Waals surface area contributed by atoms with Crippen molar-refractivity contribution in [3.63, 3.8) is 0 Å². The second-order valence-electron chi connectivity index (χ2n) is 4.48. The van der Waals surface area contributed by atoms with Crippen molar-refractivity contribution in [3.8, 4) is 5.75 Å². The number of hydrogen-bond donors (Lipinski definition) is 1. The molecule has 0 aliphatic heterocycles. The molecule has 1 rings (SSSR count). The van der Waals surface area contributed by atoms with Crippen LogP contribution in [0, 0.1) is 17.0 Å². The topological polar surface area (TPSA) is 78.4 Å². The van der Waals surface area contributed by atoms with E-state index < -0.39 is 10.5 Å². The van der Waals surface area contributed by atoms with Crippen LogP contribution in [0.2, 0.25) is 0 Å². The van der Waals surface area contributed by atoms with Gasteiger partial charge in [-0.3, -0.25) is 10.1 Å². The summed E-state index contributed by atoms with van der Waals surface area (Å²) in [4.78, 5) is 10.2. The maximum Gasteiger partial charge on any atom is 0.272 e. The van der Waals surface area contributed by atoms with Crippen molar-refractivity contribution in [1.82, 2.24) is 0 Å². The third-order valence-electron chi connectivity index (χ3n) is 1.98. The Kier molecular flexibility index (Phi) is 3.49. The van der Waals surface area contributed by atoms with Gasteiger partial charge in [-0.05, 0) is 32.9 Å². The first-order valence-corrected chi connectivity index (χ1v) is 4.96. The van der Waals surface area contributed by atoms with Crippen LogP contribution < -0.4 is 10.5 Å². The standard InChI is InChI=1S/C11H16N2O3/c1-8-6-9(16-7-11(2,3)12)4-5-10(8)13(14)15/h4-6H,7,12H2,1-3H3. The van der Waals surface area contributed by atoms with Crippen molar-refractivity contribution < 1.29 is 9.66 Å². The molecule has 0 radical (unpaired) electrons. The lowest BCUT2D eigenvalue weighted by Crippen LogP contribution is -2.38. The quantitative estimate of drug-likeness (QED) is 0.626. The maximum absolute atomic E-state index is 10.6. The number of ether oxygens (including phenoxy) is 1. The summed E-state index contributed by atoms with van der Waals surface area (Å²) >= 11 is 0. The third kappa shape index (κ3) is 3.51. The highest BCUT2D eigenvalue weighted by Gasteiger charge is 2.14. The molecule has 16 heavy (non-hydrogen) atoms. The van der Waals surface area contributed by atoms with Gasteiger partial charge in [0.2, 0.25) is 0 Å². The van der Waals surface area contributed by atoms with Crippen LogP contribution in [-0.4, -0.2) is 17.1 Å². The van der Waals surface area contributed by atoms with Crippen LogP contribution >= 0.6 is 0 Å². The van der Waals surface area contributed by atoms with Gasteiger partial charge in [0.15, 0.2) is 0 Å². The number of nitro benzene ring substituents is 1. The SMILES string of the molecule is Cc1cc(OCC(C)(C)N)ccc1[N+](=O)[O-]. The lowest BCUT2D eigenvalue weighted by atomic mass is 10.1. The van der Waals surface area contributed by atoms with E-state index in [4.69, 9.17) is 10.5 Å². The Labute approximate surface area is 94.4 Å². The Morgan fingerprint density at radius 3 is 2.56 bits per heavy atom. The molecular weight excluding hydrogens is 208 g/mol. The van der Waals surface area contributed by atoms with Crippen molar-refractivity contribution in [1.29, 1.82) is 0 Å². The number of hydrogen-bond acceptors (Lipinski definition) is 4. The average molecular weight is 224 g/mol. The lowest BCUT2D eigenvalue weighted by Gasteiger charge is -2.19. The molecule has 5 nitrogen and oxygen atoms in total. The molecule has 1 aromatic carbocycles. The van der Waals surface area contributed by atoms with Crippen LogP contribution in [0.5, 0.6) is 5.75 Å². The van der Waals surface area contributed by atoms with E-state index in [1.54, 1.807) is 19.1 Å². The molecule has 0 atom stereocenters. The number of rotatable bonds is 4. The molecule has 0 amide bonds. The fourth-order valence-electron chi connectivity index (χ4n) is 1.19. The summed E-state index contributed by atoms with van der Waals surface area (Å²) in [6.45, 7) is 5.75. The molecule has 1 aromatic rings. The summed E-state index contributed by atoms with van der Waals surface area (Å²) in [6, 6.07) is 4.66. The van der Waals surface area contributed by atoms with Gasteiger partial charge in [0.1, 0.15) is 12.4 Å². The fraction of sp³-hybridized carbons (Fsp3) is 0.455. The lowest BCUT2D eigenvalue weighted by molar-refractivity contribution is -0.385. The molecule has 0 unspecified atom stereocenters. The van der Waals surface area contributed by atoms with E-state index in [0.717, 1.165) is 0 Å². The van der Waals surface area contributed by atoms with E-state index in [9.17, 15) is 10.1 Å². The Hall–Kier alpha value is -1.62. The zero-order chi connectivity index (χ0) is 12.3. The van der Waals surface area contributed by atoms with Crippen LogP contribution in [-0.2, 0) is 0 Å². The normalized spacial score (nSPS) is 11.2. The zero-order valence-corrected chi connectivity index (χ0v) is 9.69. The van der Waals surface area contributed by atoms with Crippen molar-refractivity contribution in [2.75, 3.05) is 6.61 Å². The molecule has 5 heteroatoms. The Bertz CT molecular complexity index is 397. The average Bonchev–Trinajstić information content (AvgIpc) is 2.13. The van der Waals surface area contributed by atoms with Gasteiger partial charge >= 0.3 is 0 Å². The smallest absolute Gasteiger partial charge is 0.272 e. The van der Waals surface area contributed by atoms with Crippen LogP contribution in [0.25, 0.3) is 0 Å². The summed E-state index contributed by atoms with van der Waals surface area (Å²) < 4.78 is 5.44. The predicted molar refractivity (Wildman–Crippen MR) is 61.6 cm³/mol. The molecule has 0 aliphatic carbocycles. The van der Waals surface area contributed by atoms with Gasteiger partial charge in [0, 0.05) is 17.2 Å². The summed E-state index contributed by atoms with van der Waals surface area (Å²) in [5.74, 6) is 0.599. The summed E-state index contributed by atoms with van der Waals surface area (Å²) in [5.41, 5.74) is 6.02. The second-order valence-corrected chi connectivity index (χ2v) is 4.48. The molecule has 2 N–H and O–H groups in total. The summed E-state index contributed by atoms with van der Waals surface area (Å²) in [6.07, 6.45) is 0. The molecule has 0 aliphatic rings. The van der Waals surface area contributed by atoms with E-state index >= 15 is 0 Å². The largest absolute Gasteiger partial charge is 0.492 e. The minimum Gasteiger partial charge on any atom is -0.492 e. The Balaban J connectivity index is 2.78. The molecule has 88 valence electrons. The van der Waals surface area contributed by atoms with E-state index in [1.807, 2.05) is 13.8 Å². The zero-order valence-electron chi connectivity index (χ0n) is 9.69. The van der Waals surface area contributed by atoms with Gasteiger partial charge in [-0.15, -0.1) is 0 Å². The van der Waals surface area contributed by atoms with Crippen LogP contribution in [0.4, 0.5) is 5.69 Å². The highest BCUT2D eigenvalue weighted by atomic mass is 16.6. The maximum atomic E-state index is 10.6. The monoisotopic (exact) mass is 224 g/mol. The number of nitrogens with two attached hydrogens (primary N) is 1. The Morgan fingerprint density at radius 1 is 1.50 bits per heavy atom. The van der Waals surface area contributed by atoms with Gasteiger partial charge in [0.05, 0.1) is 4.92 Å². The molecule has 0 fully saturated rings. The minimum absolute atomic E-state index is 0.0966. The van der Waals surface area contributed by atoms with Gasteiger partial charge in [-0.1, -0.05) is 0 Å². The van der Waals surface area contributed by atoms with Crippen LogP contribution in [0.3, 0.4) is 0 Å². The molecule has 0 aromatic heterocycles. The summed E-state index contributed by atoms with van der Waals surface area (Å²) in [5, 5.41) is 10.6. The number of nitrogens with zero attached hydrogens (tertiary/aromatic N) is 1. The van der Waals surface area contributed by atoms with E-state index in [-0.39, 0.29) is 5.69 Å². The number of benzene rings is 1. The highest BCUT2D eigenvalue weighted by molar-refractivity contribution is 5.44. The minimum atomic E-state index is -0.421. The first-order valence-electron chi connectivity index (χ1n) is 4.96. The van der Waals surface area contributed by atoms with E-state index in [0.29, 0.717) is 17.9 Å². The van der Waals surface area contributed by atoms with Crippen molar-refractivity contribution >= 4 is 5.69 Å².